The molecule has 2 rings (SSSR count). The third-order valence-electron chi connectivity index (χ3n) is 3.44. The van der Waals surface area contributed by atoms with Crippen LogP contribution in [0.3, 0.4) is 0 Å². The quantitative estimate of drug-likeness (QED) is 0.820. The highest BCUT2D eigenvalue weighted by Crippen LogP contribution is 2.24. The zero-order valence-corrected chi connectivity index (χ0v) is 10.0. The van der Waals surface area contributed by atoms with Gasteiger partial charge in [0.1, 0.15) is 13.2 Å². The maximum absolute atomic E-state index is 11.9. The minimum absolute atomic E-state index is 0.297. The first-order valence-corrected chi connectivity index (χ1v) is 6.11. The lowest BCUT2D eigenvalue weighted by atomic mass is 9.94. The summed E-state index contributed by atoms with van der Waals surface area (Å²) < 4.78 is 40.0. The lowest BCUT2D eigenvalue weighted by Crippen LogP contribution is -2.41. The topological polar surface area (TPSA) is 41.6 Å². The van der Waals surface area contributed by atoms with E-state index in [1.807, 2.05) is 0 Å². The first kappa shape index (κ1) is 13.6. The van der Waals surface area contributed by atoms with Crippen molar-refractivity contribution >= 4 is 5.91 Å². The number of piperidine rings is 1. The Labute approximate surface area is 103 Å². The van der Waals surface area contributed by atoms with Crippen molar-refractivity contribution in [3.8, 4) is 0 Å². The largest absolute Gasteiger partial charge is 0.411 e. The molecule has 1 N–H and O–H groups in total. The molecule has 0 spiro atoms. The molecule has 2 heterocycles. The molecule has 0 aromatic rings. The number of likely N-dealkylation sites (tertiary alicyclic amines) is 1. The number of carbonyl (C=O) groups excluding carboxylic acids is 1. The van der Waals surface area contributed by atoms with Crippen molar-refractivity contribution in [1.82, 2.24) is 10.2 Å². The van der Waals surface area contributed by atoms with Gasteiger partial charge < -0.3 is 15.0 Å². The van der Waals surface area contributed by atoms with Crippen molar-refractivity contribution in [2.75, 3.05) is 32.8 Å². The highest BCUT2D eigenvalue weighted by atomic mass is 19.4. The Morgan fingerprint density at radius 2 is 2.17 bits per heavy atom. The van der Waals surface area contributed by atoms with Crippen LogP contribution in [0.2, 0.25) is 0 Å². The summed E-state index contributed by atoms with van der Waals surface area (Å²) in [6.45, 7) is 0.315. The van der Waals surface area contributed by atoms with Gasteiger partial charge in [-0.3, -0.25) is 4.79 Å². The number of hydrogen-bond donors (Lipinski definition) is 1. The van der Waals surface area contributed by atoms with E-state index in [1.165, 1.54) is 0 Å². The van der Waals surface area contributed by atoms with Gasteiger partial charge in [0.2, 0.25) is 5.91 Å². The van der Waals surface area contributed by atoms with E-state index in [9.17, 15) is 18.0 Å². The summed E-state index contributed by atoms with van der Waals surface area (Å²) in [5, 5.41) is 3.33. The normalized spacial score (nSPS) is 28.3. The second kappa shape index (κ2) is 5.44. The van der Waals surface area contributed by atoms with Gasteiger partial charge >= 0.3 is 6.18 Å². The smallest absolute Gasteiger partial charge is 0.362 e. The number of ether oxygens (including phenoxy) is 1. The van der Waals surface area contributed by atoms with Gasteiger partial charge in [0.05, 0.1) is 0 Å². The van der Waals surface area contributed by atoms with E-state index in [-0.39, 0.29) is 5.91 Å². The minimum atomic E-state index is -4.37. The third kappa shape index (κ3) is 3.58. The van der Waals surface area contributed by atoms with Gasteiger partial charge in [-0.25, -0.2) is 0 Å². The molecule has 104 valence electrons. The van der Waals surface area contributed by atoms with Gasteiger partial charge in [-0.1, -0.05) is 0 Å². The average molecular weight is 266 g/mol. The van der Waals surface area contributed by atoms with Gasteiger partial charge in [0, 0.05) is 19.1 Å². The highest BCUT2D eigenvalue weighted by molar-refractivity contribution is 5.77. The van der Waals surface area contributed by atoms with E-state index >= 15 is 0 Å². The molecule has 7 heteroatoms. The fraction of sp³-hybridized carbons (Fsp3) is 0.909. The summed E-state index contributed by atoms with van der Waals surface area (Å²) in [5.74, 6) is 0.0840. The first-order chi connectivity index (χ1) is 8.46. The zero-order chi connectivity index (χ0) is 13.2. The molecule has 0 aromatic heterocycles. The molecule has 4 nitrogen and oxygen atoms in total. The van der Waals surface area contributed by atoms with Gasteiger partial charge in [-0.15, -0.1) is 0 Å². The second-order valence-corrected chi connectivity index (χ2v) is 4.87. The maximum atomic E-state index is 11.9. The van der Waals surface area contributed by atoms with E-state index in [0.717, 1.165) is 19.4 Å². The fourth-order valence-corrected chi connectivity index (χ4v) is 2.60. The van der Waals surface area contributed by atoms with E-state index in [1.54, 1.807) is 4.90 Å². The van der Waals surface area contributed by atoms with E-state index in [4.69, 9.17) is 0 Å². The molecular formula is C11H17F3N2O2. The molecule has 2 aliphatic rings. The summed E-state index contributed by atoms with van der Waals surface area (Å²) >= 11 is 0. The molecule has 0 saturated carbocycles. The minimum Gasteiger partial charge on any atom is -0.362 e. The Bertz CT molecular complexity index is 295. The van der Waals surface area contributed by atoms with Crippen molar-refractivity contribution in [3.05, 3.63) is 0 Å². The highest BCUT2D eigenvalue weighted by Gasteiger charge is 2.36. The standard InChI is InChI=1S/C11H17F3N2O2/c12-11(13,14)7-18-6-10(17)16-4-8-2-1-3-15-9(8)5-16/h8-9,15H,1-7H2. The molecule has 0 aromatic carbocycles. The SMILES string of the molecule is O=C(COCC(F)(F)F)N1CC2CCCNC2C1. The van der Waals surface area contributed by atoms with E-state index in [0.29, 0.717) is 25.0 Å². The fourth-order valence-electron chi connectivity index (χ4n) is 2.60. The number of nitrogens with one attached hydrogen (secondary N) is 1. The summed E-state index contributed by atoms with van der Waals surface area (Å²) in [4.78, 5) is 13.3. The Kier molecular flexibility index (Phi) is 4.11. The maximum Gasteiger partial charge on any atom is 0.411 e. The molecule has 2 atom stereocenters. The van der Waals surface area contributed by atoms with Gasteiger partial charge in [0.15, 0.2) is 0 Å². The predicted octanol–water partition coefficient (Wildman–Crippen LogP) is 0.776. The number of alkyl halides is 3. The van der Waals surface area contributed by atoms with Crippen molar-refractivity contribution < 1.29 is 22.7 Å². The van der Waals surface area contributed by atoms with Crippen LogP contribution in [0.25, 0.3) is 0 Å². The summed E-state index contributed by atoms with van der Waals surface area (Å²) in [7, 11) is 0. The monoisotopic (exact) mass is 266 g/mol. The van der Waals surface area contributed by atoms with Crippen LogP contribution in [0.4, 0.5) is 13.2 Å². The number of hydrogen-bond acceptors (Lipinski definition) is 3. The molecule has 2 aliphatic heterocycles. The molecular weight excluding hydrogens is 249 g/mol. The second-order valence-electron chi connectivity index (χ2n) is 4.87. The Morgan fingerprint density at radius 1 is 1.39 bits per heavy atom. The number of carbonyl (C=O) groups is 1. The summed E-state index contributed by atoms with van der Waals surface area (Å²) in [5.41, 5.74) is 0. The molecule has 18 heavy (non-hydrogen) atoms. The molecule has 0 aliphatic carbocycles. The molecule has 0 radical (unpaired) electrons. The van der Waals surface area contributed by atoms with Crippen LogP contribution < -0.4 is 5.32 Å². The first-order valence-electron chi connectivity index (χ1n) is 6.11. The number of nitrogens with zero attached hydrogens (tertiary/aromatic N) is 1. The van der Waals surface area contributed by atoms with E-state index in [2.05, 4.69) is 10.1 Å². The van der Waals surface area contributed by atoms with Crippen molar-refractivity contribution in [2.24, 2.45) is 5.92 Å². The van der Waals surface area contributed by atoms with Gasteiger partial charge in [0.25, 0.3) is 0 Å². The number of rotatable bonds is 3. The van der Waals surface area contributed by atoms with Crippen LogP contribution in [0.15, 0.2) is 0 Å². The number of fused-ring (bicyclic) bond motifs is 1. The molecule has 2 unspecified atom stereocenters. The van der Waals surface area contributed by atoms with Crippen molar-refractivity contribution in [3.63, 3.8) is 0 Å². The van der Waals surface area contributed by atoms with Crippen LogP contribution in [0.1, 0.15) is 12.8 Å². The van der Waals surface area contributed by atoms with Crippen LogP contribution in [0, 0.1) is 5.92 Å². The number of amides is 1. The van der Waals surface area contributed by atoms with Crippen LogP contribution in [0.5, 0.6) is 0 Å². The predicted molar refractivity (Wildman–Crippen MR) is 58.0 cm³/mol. The molecule has 0 bridgehead atoms. The molecule has 2 fully saturated rings. The Morgan fingerprint density at radius 3 is 2.83 bits per heavy atom. The summed E-state index contributed by atoms with van der Waals surface area (Å²) in [6, 6.07) is 0.297. The van der Waals surface area contributed by atoms with Gasteiger partial charge in [-0.05, 0) is 25.3 Å². The van der Waals surface area contributed by atoms with E-state index < -0.39 is 19.4 Å². The van der Waals surface area contributed by atoms with Crippen LogP contribution >= 0.6 is 0 Å². The zero-order valence-electron chi connectivity index (χ0n) is 10.0. The van der Waals surface area contributed by atoms with Crippen LogP contribution in [-0.4, -0.2) is 55.9 Å². The van der Waals surface area contributed by atoms with Crippen molar-refractivity contribution in [1.29, 1.82) is 0 Å². The average Bonchev–Trinajstić information content (AvgIpc) is 2.70. The molecule has 1 amide bonds. The lowest BCUT2D eigenvalue weighted by Gasteiger charge is -2.24. The Hall–Kier alpha value is -0.820. The lowest BCUT2D eigenvalue weighted by molar-refractivity contribution is -0.177. The summed E-state index contributed by atoms with van der Waals surface area (Å²) in [6.07, 6.45) is -2.21. The van der Waals surface area contributed by atoms with Crippen LogP contribution in [-0.2, 0) is 9.53 Å². The van der Waals surface area contributed by atoms with Crippen molar-refractivity contribution in [2.45, 2.75) is 25.1 Å². The van der Waals surface area contributed by atoms with Gasteiger partial charge in [-0.2, -0.15) is 13.2 Å². The third-order valence-corrected chi connectivity index (χ3v) is 3.44. The number of halogens is 3. The molecule has 2 saturated heterocycles. The Balaban J connectivity index is 1.73.